The van der Waals surface area contributed by atoms with E-state index >= 15 is 4.39 Å². The molecule has 3 aromatic rings. The lowest BCUT2D eigenvalue weighted by molar-refractivity contribution is 0.0240. The molecule has 1 aliphatic rings. The third-order valence-corrected chi connectivity index (χ3v) is 5.23. The summed E-state index contributed by atoms with van der Waals surface area (Å²) >= 11 is 0. The van der Waals surface area contributed by atoms with E-state index in [0.29, 0.717) is 38.1 Å². The van der Waals surface area contributed by atoms with E-state index < -0.39 is 46.1 Å². The van der Waals surface area contributed by atoms with Gasteiger partial charge in [0, 0.05) is 43.2 Å². The summed E-state index contributed by atoms with van der Waals surface area (Å²) in [5.41, 5.74) is -1.83. The summed E-state index contributed by atoms with van der Waals surface area (Å²) < 4.78 is 63.1. The second-order valence-electron chi connectivity index (χ2n) is 8.72. The van der Waals surface area contributed by atoms with E-state index in [2.05, 4.69) is 9.97 Å². The number of fused-ring (bicyclic) bond motifs is 1. The lowest BCUT2D eigenvalue weighted by Crippen LogP contribution is -2.50. The molecule has 0 bridgehead atoms. The van der Waals surface area contributed by atoms with Gasteiger partial charge in [0.25, 0.3) is 0 Å². The Kier molecular flexibility index (Phi) is 5.85. The molecule has 1 amide bonds. The highest BCUT2D eigenvalue weighted by molar-refractivity contribution is 5.93. The summed E-state index contributed by atoms with van der Waals surface area (Å²) in [5, 5.41) is 0.115. The van der Waals surface area contributed by atoms with Gasteiger partial charge < -0.3 is 14.5 Å². The second kappa shape index (κ2) is 8.49. The van der Waals surface area contributed by atoms with Gasteiger partial charge in [-0.15, -0.1) is 0 Å². The van der Waals surface area contributed by atoms with Crippen LogP contribution in [-0.4, -0.2) is 52.7 Å². The van der Waals surface area contributed by atoms with E-state index in [9.17, 15) is 18.0 Å². The first-order valence-electron chi connectivity index (χ1n) is 10.4. The summed E-state index contributed by atoms with van der Waals surface area (Å²) in [5.74, 6) is -3.72. The minimum Gasteiger partial charge on any atom is -0.444 e. The van der Waals surface area contributed by atoms with Crippen molar-refractivity contribution in [2.24, 2.45) is 0 Å². The molecule has 1 aromatic heterocycles. The molecule has 1 aliphatic heterocycles. The number of rotatable bonds is 2. The van der Waals surface area contributed by atoms with Crippen molar-refractivity contribution in [3.05, 3.63) is 53.9 Å². The summed E-state index contributed by atoms with van der Waals surface area (Å²) in [6.45, 7) is 6.75. The SMILES string of the molecule is CC(C)(C)OC(=O)N1CCN(c2ncnc3c(F)c(-c4ccc(F)cc4F)c(F)cc23)CC1. The number of piperazine rings is 1. The van der Waals surface area contributed by atoms with Crippen LogP contribution in [0.2, 0.25) is 0 Å². The van der Waals surface area contributed by atoms with Gasteiger partial charge in [0.05, 0.1) is 5.56 Å². The molecular formula is C23H22F4N4O2. The maximum atomic E-state index is 15.3. The molecule has 2 aromatic carbocycles. The standard InChI is InChI=1S/C23H22F4N4O2/c1-23(2,3)33-22(32)31-8-6-30(7-9-31)21-15-11-17(26)18(19(27)20(15)28-12-29-21)14-5-4-13(24)10-16(14)25/h4-5,10-12H,6-9H2,1-3H3. The van der Waals surface area contributed by atoms with Gasteiger partial charge in [-0.3, -0.25) is 0 Å². The number of carbonyl (C=O) groups excluding carboxylic acids is 1. The summed E-state index contributed by atoms with van der Waals surface area (Å²) in [6, 6.07) is 3.52. The molecule has 33 heavy (non-hydrogen) atoms. The zero-order chi connectivity index (χ0) is 23.9. The van der Waals surface area contributed by atoms with E-state index in [1.807, 2.05) is 0 Å². The first-order valence-corrected chi connectivity index (χ1v) is 10.4. The van der Waals surface area contributed by atoms with Gasteiger partial charge in [-0.25, -0.2) is 32.3 Å². The van der Waals surface area contributed by atoms with Crippen molar-refractivity contribution < 1.29 is 27.1 Å². The molecule has 2 heterocycles. The maximum absolute atomic E-state index is 15.3. The van der Waals surface area contributed by atoms with Crippen LogP contribution in [0.25, 0.3) is 22.0 Å². The van der Waals surface area contributed by atoms with Gasteiger partial charge in [0.1, 0.15) is 40.7 Å². The molecular weight excluding hydrogens is 440 g/mol. The second-order valence-corrected chi connectivity index (χ2v) is 8.72. The molecule has 1 fully saturated rings. The minimum atomic E-state index is -1.08. The van der Waals surface area contributed by atoms with E-state index in [1.54, 1.807) is 30.6 Å². The number of anilines is 1. The lowest BCUT2D eigenvalue weighted by atomic mass is 10.0. The average molecular weight is 462 g/mol. The minimum absolute atomic E-state index is 0.115. The Hall–Kier alpha value is -3.43. The molecule has 0 atom stereocenters. The molecule has 0 N–H and O–H groups in total. The van der Waals surface area contributed by atoms with Crippen molar-refractivity contribution in [3.8, 4) is 11.1 Å². The highest BCUT2D eigenvalue weighted by Gasteiger charge is 2.28. The maximum Gasteiger partial charge on any atom is 0.410 e. The van der Waals surface area contributed by atoms with Crippen LogP contribution in [0.15, 0.2) is 30.6 Å². The number of halogens is 4. The largest absolute Gasteiger partial charge is 0.444 e. The molecule has 1 saturated heterocycles. The number of hydrogen-bond donors (Lipinski definition) is 0. The molecule has 0 saturated carbocycles. The van der Waals surface area contributed by atoms with Gasteiger partial charge >= 0.3 is 6.09 Å². The molecule has 0 radical (unpaired) electrons. The normalized spacial score (nSPS) is 14.6. The molecule has 0 spiro atoms. The zero-order valence-electron chi connectivity index (χ0n) is 18.3. The third kappa shape index (κ3) is 4.55. The monoisotopic (exact) mass is 462 g/mol. The predicted octanol–water partition coefficient (Wildman–Crippen LogP) is 4.91. The van der Waals surface area contributed by atoms with E-state index in [1.165, 1.54) is 0 Å². The first-order chi connectivity index (χ1) is 15.5. The number of nitrogens with zero attached hydrogens (tertiary/aromatic N) is 4. The number of aromatic nitrogens is 2. The Morgan fingerprint density at radius 2 is 1.67 bits per heavy atom. The van der Waals surface area contributed by atoms with Crippen LogP contribution >= 0.6 is 0 Å². The van der Waals surface area contributed by atoms with Crippen molar-refractivity contribution in [1.82, 2.24) is 14.9 Å². The Labute approximate surface area is 187 Å². The van der Waals surface area contributed by atoms with Crippen molar-refractivity contribution in [2.75, 3.05) is 31.1 Å². The fraction of sp³-hybridized carbons (Fsp3) is 0.348. The zero-order valence-corrected chi connectivity index (χ0v) is 18.3. The summed E-state index contributed by atoms with van der Waals surface area (Å²) in [4.78, 5) is 23.8. The van der Waals surface area contributed by atoms with Gasteiger partial charge in [0.2, 0.25) is 0 Å². The van der Waals surface area contributed by atoms with Gasteiger partial charge in [-0.1, -0.05) is 0 Å². The first kappa shape index (κ1) is 22.8. The van der Waals surface area contributed by atoms with Crippen molar-refractivity contribution in [1.29, 1.82) is 0 Å². The average Bonchev–Trinajstić information content (AvgIpc) is 2.74. The van der Waals surface area contributed by atoms with E-state index in [-0.39, 0.29) is 10.9 Å². The van der Waals surface area contributed by atoms with E-state index in [4.69, 9.17) is 4.74 Å². The molecule has 0 unspecified atom stereocenters. The molecule has 174 valence electrons. The van der Waals surface area contributed by atoms with Gasteiger partial charge in [-0.2, -0.15) is 0 Å². The predicted molar refractivity (Wildman–Crippen MR) is 115 cm³/mol. The quantitative estimate of drug-likeness (QED) is 0.507. The number of amides is 1. The van der Waals surface area contributed by atoms with Crippen molar-refractivity contribution in [2.45, 2.75) is 26.4 Å². The Bertz CT molecular complexity index is 1220. The van der Waals surface area contributed by atoms with Crippen molar-refractivity contribution >= 4 is 22.8 Å². The number of carbonyl (C=O) groups is 1. The molecule has 4 rings (SSSR count). The van der Waals surface area contributed by atoms with Gasteiger partial charge in [-0.05, 0) is 39.0 Å². The van der Waals surface area contributed by atoms with Crippen LogP contribution in [0.5, 0.6) is 0 Å². The fourth-order valence-electron chi connectivity index (χ4n) is 3.73. The Morgan fingerprint density at radius 3 is 2.30 bits per heavy atom. The smallest absolute Gasteiger partial charge is 0.410 e. The van der Waals surface area contributed by atoms with Crippen LogP contribution < -0.4 is 4.90 Å². The van der Waals surface area contributed by atoms with Crippen LogP contribution in [-0.2, 0) is 4.74 Å². The van der Waals surface area contributed by atoms with Gasteiger partial charge in [0.15, 0.2) is 5.82 Å². The fourth-order valence-corrected chi connectivity index (χ4v) is 3.73. The van der Waals surface area contributed by atoms with Crippen molar-refractivity contribution in [3.63, 3.8) is 0 Å². The summed E-state index contributed by atoms with van der Waals surface area (Å²) in [6.07, 6.45) is 0.710. The Balaban J connectivity index is 1.65. The van der Waals surface area contributed by atoms with Crippen LogP contribution in [0.4, 0.5) is 28.2 Å². The van der Waals surface area contributed by atoms with Crippen LogP contribution in [0.3, 0.4) is 0 Å². The Morgan fingerprint density at radius 1 is 0.970 bits per heavy atom. The number of hydrogen-bond acceptors (Lipinski definition) is 5. The topological polar surface area (TPSA) is 58.6 Å². The number of ether oxygens (including phenoxy) is 1. The highest BCUT2D eigenvalue weighted by atomic mass is 19.1. The summed E-state index contributed by atoms with van der Waals surface area (Å²) in [7, 11) is 0. The third-order valence-electron chi connectivity index (χ3n) is 5.23. The van der Waals surface area contributed by atoms with E-state index in [0.717, 1.165) is 24.5 Å². The number of benzene rings is 2. The van der Waals surface area contributed by atoms with Crippen LogP contribution in [0.1, 0.15) is 20.8 Å². The molecule has 6 nitrogen and oxygen atoms in total. The highest BCUT2D eigenvalue weighted by Crippen LogP contribution is 2.35. The van der Waals surface area contributed by atoms with Crippen LogP contribution in [0, 0.1) is 23.3 Å². The molecule has 10 heteroatoms. The molecule has 0 aliphatic carbocycles. The lowest BCUT2D eigenvalue weighted by Gasteiger charge is -2.36.